The van der Waals surface area contributed by atoms with E-state index >= 15 is 0 Å². The third kappa shape index (κ3) is 5.27. The van der Waals surface area contributed by atoms with Gasteiger partial charge >= 0.3 is 0 Å². The van der Waals surface area contributed by atoms with Gasteiger partial charge in [0.05, 0.1) is 5.92 Å². The molecule has 0 fully saturated rings. The van der Waals surface area contributed by atoms with Crippen molar-refractivity contribution in [3.63, 3.8) is 0 Å². The second-order valence-electron chi connectivity index (χ2n) is 5.78. The van der Waals surface area contributed by atoms with Crippen molar-refractivity contribution in [3.8, 4) is 0 Å². The zero-order valence-electron chi connectivity index (χ0n) is 11.4. The molecule has 0 radical (unpaired) electrons. The molecule has 1 atom stereocenters. The van der Waals surface area contributed by atoms with Crippen molar-refractivity contribution in [1.82, 2.24) is 10.3 Å². The van der Waals surface area contributed by atoms with E-state index in [1.807, 2.05) is 12.1 Å². The van der Waals surface area contributed by atoms with Crippen LogP contribution < -0.4 is 11.1 Å². The van der Waals surface area contributed by atoms with E-state index in [9.17, 15) is 4.79 Å². The summed E-state index contributed by atoms with van der Waals surface area (Å²) in [6.45, 7) is 7.24. The summed E-state index contributed by atoms with van der Waals surface area (Å²) in [5.41, 5.74) is 6.78. The fourth-order valence-electron chi connectivity index (χ4n) is 1.86. The molecule has 100 valence electrons. The van der Waals surface area contributed by atoms with Gasteiger partial charge in [-0.2, -0.15) is 0 Å². The molecule has 0 spiro atoms. The van der Waals surface area contributed by atoms with Crippen molar-refractivity contribution in [1.29, 1.82) is 0 Å². The van der Waals surface area contributed by atoms with Crippen molar-refractivity contribution in [2.24, 2.45) is 17.1 Å². The molecule has 0 aliphatic carbocycles. The number of hydrogen-bond donors (Lipinski definition) is 2. The van der Waals surface area contributed by atoms with E-state index in [2.05, 4.69) is 31.1 Å². The number of hydrogen-bond acceptors (Lipinski definition) is 3. The minimum absolute atomic E-state index is 0.0243. The first-order chi connectivity index (χ1) is 8.42. The first-order valence-electron chi connectivity index (χ1n) is 6.29. The van der Waals surface area contributed by atoms with Gasteiger partial charge in [0.15, 0.2) is 0 Å². The van der Waals surface area contributed by atoms with Crippen molar-refractivity contribution >= 4 is 5.91 Å². The van der Waals surface area contributed by atoms with E-state index in [1.54, 1.807) is 12.4 Å². The summed E-state index contributed by atoms with van der Waals surface area (Å²) in [7, 11) is 0. The predicted octanol–water partition coefficient (Wildman–Crippen LogP) is 1.71. The maximum Gasteiger partial charge on any atom is 0.224 e. The van der Waals surface area contributed by atoms with E-state index < -0.39 is 0 Å². The maximum absolute atomic E-state index is 12.0. The molecule has 3 N–H and O–H groups in total. The minimum Gasteiger partial charge on any atom is -0.352 e. The van der Waals surface area contributed by atoms with Gasteiger partial charge in [-0.15, -0.1) is 0 Å². The van der Waals surface area contributed by atoms with Crippen molar-refractivity contribution in [2.45, 2.75) is 33.7 Å². The highest BCUT2D eigenvalue weighted by Gasteiger charge is 2.23. The third-order valence-corrected chi connectivity index (χ3v) is 2.70. The van der Waals surface area contributed by atoms with Crippen LogP contribution in [0.5, 0.6) is 0 Å². The van der Waals surface area contributed by atoms with Crippen LogP contribution in [0.4, 0.5) is 0 Å². The molecule has 1 aromatic rings. The molecule has 0 saturated carbocycles. The summed E-state index contributed by atoms with van der Waals surface area (Å²) in [5.74, 6) is -0.0991. The Bertz CT molecular complexity index is 370. The molecule has 1 unspecified atom stereocenters. The molecular weight excluding hydrogens is 226 g/mol. The Balaban J connectivity index is 2.48. The number of rotatable bonds is 5. The van der Waals surface area contributed by atoms with Crippen molar-refractivity contribution < 1.29 is 4.79 Å². The quantitative estimate of drug-likeness (QED) is 0.834. The van der Waals surface area contributed by atoms with Gasteiger partial charge in [0.1, 0.15) is 0 Å². The molecule has 4 heteroatoms. The second-order valence-corrected chi connectivity index (χ2v) is 5.78. The molecule has 0 aromatic carbocycles. The second kappa shape index (κ2) is 6.50. The Kier molecular flexibility index (Phi) is 5.28. The molecule has 0 saturated heterocycles. The van der Waals surface area contributed by atoms with Crippen LogP contribution >= 0.6 is 0 Å². The molecule has 1 heterocycles. The number of amides is 1. The van der Waals surface area contributed by atoms with Crippen LogP contribution in [-0.4, -0.2) is 17.4 Å². The molecule has 0 bridgehead atoms. The summed E-state index contributed by atoms with van der Waals surface area (Å²) in [4.78, 5) is 16.0. The number of carbonyl (C=O) groups is 1. The molecule has 1 rings (SSSR count). The SMILES string of the molecule is CC(C)(C)CC(CN)C(=O)NCc1cccnc1. The minimum atomic E-state index is -0.123. The monoisotopic (exact) mass is 249 g/mol. The van der Waals surface area contributed by atoms with Crippen LogP contribution in [0.15, 0.2) is 24.5 Å². The van der Waals surface area contributed by atoms with E-state index in [4.69, 9.17) is 5.73 Å². The number of nitrogens with one attached hydrogen (secondary N) is 1. The highest BCUT2D eigenvalue weighted by Crippen LogP contribution is 2.24. The zero-order chi connectivity index (χ0) is 13.6. The fraction of sp³-hybridized carbons (Fsp3) is 0.571. The first kappa shape index (κ1) is 14.6. The molecule has 18 heavy (non-hydrogen) atoms. The average molecular weight is 249 g/mol. The summed E-state index contributed by atoms with van der Waals surface area (Å²) < 4.78 is 0. The molecule has 4 nitrogen and oxygen atoms in total. The summed E-state index contributed by atoms with van der Waals surface area (Å²) in [5, 5.41) is 2.91. The van der Waals surface area contributed by atoms with Gasteiger partial charge in [-0.1, -0.05) is 26.8 Å². The largest absolute Gasteiger partial charge is 0.352 e. The summed E-state index contributed by atoms with van der Waals surface area (Å²) >= 11 is 0. The van der Waals surface area contributed by atoms with Crippen LogP contribution in [-0.2, 0) is 11.3 Å². The maximum atomic E-state index is 12.0. The molecule has 1 aromatic heterocycles. The molecule has 0 aliphatic rings. The zero-order valence-corrected chi connectivity index (χ0v) is 11.4. The number of aromatic nitrogens is 1. The topological polar surface area (TPSA) is 68.0 Å². The normalized spacial score (nSPS) is 13.1. The number of nitrogens with two attached hydrogens (primary N) is 1. The van der Waals surface area contributed by atoms with Gasteiger partial charge in [-0.05, 0) is 23.5 Å². The Morgan fingerprint density at radius 2 is 2.22 bits per heavy atom. The average Bonchev–Trinajstić information content (AvgIpc) is 2.33. The Morgan fingerprint density at radius 1 is 1.50 bits per heavy atom. The Hall–Kier alpha value is -1.42. The van der Waals surface area contributed by atoms with E-state index in [0.717, 1.165) is 12.0 Å². The fourth-order valence-corrected chi connectivity index (χ4v) is 1.86. The predicted molar refractivity (Wildman–Crippen MR) is 72.7 cm³/mol. The smallest absolute Gasteiger partial charge is 0.224 e. The molecular formula is C14H23N3O. The van der Waals surface area contributed by atoms with Gasteiger partial charge in [0.25, 0.3) is 0 Å². The van der Waals surface area contributed by atoms with Gasteiger partial charge < -0.3 is 11.1 Å². The van der Waals surface area contributed by atoms with Crippen molar-refractivity contribution in [3.05, 3.63) is 30.1 Å². The Labute approximate surface area is 109 Å². The van der Waals surface area contributed by atoms with Crippen molar-refractivity contribution in [2.75, 3.05) is 6.54 Å². The highest BCUT2D eigenvalue weighted by molar-refractivity contribution is 5.78. The highest BCUT2D eigenvalue weighted by atomic mass is 16.1. The molecule has 0 aliphatic heterocycles. The number of carbonyl (C=O) groups excluding carboxylic acids is 1. The standard InChI is InChI=1S/C14H23N3O/c1-14(2,3)7-12(8-15)13(18)17-10-11-5-4-6-16-9-11/h4-6,9,12H,7-8,10,15H2,1-3H3,(H,17,18). The van der Waals surface area contributed by atoms with Crippen LogP contribution in [0.25, 0.3) is 0 Å². The third-order valence-electron chi connectivity index (χ3n) is 2.70. The lowest BCUT2D eigenvalue weighted by atomic mass is 9.84. The van der Waals surface area contributed by atoms with Gasteiger partial charge in [-0.25, -0.2) is 0 Å². The lowest BCUT2D eigenvalue weighted by molar-refractivity contribution is -0.125. The van der Waals surface area contributed by atoms with Gasteiger partial charge in [-0.3, -0.25) is 9.78 Å². The number of pyridine rings is 1. The Morgan fingerprint density at radius 3 is 2.72 bits per heavy atom. The van der Waals surface area contributed by atoms with Gasteiger partial charge in [0, 0.05) is 25.5 Å². The van der Waals surface area contributed by atoms with Crippen LogP contribution in [0.2, 0.25) is 0 Å². The summed E-state index contributed by atoms with van der Waals surface area (Å²) in [6.07, 6.45) is 4.26. The van der Waals surface area contributed by atoms with E-state index in [-0.39, 0.29) is 17.2 Å². The first-order valence-corrected chi connectivity index (χ1v) is 6.29. The van der Waals surface area contributed by atoms with E-state index in [0.29, 0.717) is 13.1 Å². The summed E-state index contributed by atoms with van der Waals surface area (Å²) in [6, 6.07) is 3.80. The lowest BCUT2D eigenvalue weighted by Gasteiger charge is -2.24. The lowest BCUT2D eigenvalue weighted by Crippen LogP contribution is -2.36. The number of nitrogens with zero attached hydrogens (tertiary/aromatic N) is 1. The van der Waals surface area contributed by atoms with Gasteiger partial charge in [0.2, 0.25) is 5.91 Å². The molecule has 1 amide bonds. The van der Waals surface area contributed by atoms with Crippen LogP contribution in [0.3, 0.4) is 0 Å². The van der Waals surface area contributed by atoms with Crippen LogP contribution in [0.1, 0.15) is 32.8 Å². The van der Waals surface area contributed by atoms with E-state index in [1.165, 1.54) is 0 Å². The van der Waals surface area contributed by atoms with Crippen LogP contribution in [0, 0.1) is 11.3 Å².